The standard InChI is InChI=1S/C25H28NO4P/c1-5-29-31(28,30-6-2)25(16(3)4)26-24(27)21-15-13-19-11-10-17-8-7-9-18-12-14-20(21)23(19)22(17)18/h7-16,25H,5-6H2,1-4H3,(H,26,27)/t25-/m0/s1. The Balaban J connectivity index is 1.80. The maximum atomic E-state index is 13.4. The Hall–Kier alpha value is -2.46. The molecule has 1 amide bonds. The van der Waals surface area contributed by atoms with Crippen LogP contribution in [0.15, 0.2) is 54.6 Å². The Morgan fingerprint density at radius 3 is 2.00 bits per heavy atom. The lowest BCUT2D eigenvalue weighted by Gasteiger charge is -2.30. The molecule has 0 heterocycles. The highest BCUT2D eigenvalue weighted by atomic mass is 31.2. The van der Waals surface area contributed by atoms with Crippen LogP contribution in [0, 0.1) is 5.92 Å². The molecule has 0 bridgehead atoms. The smallest absolute Gasteiger partial charge is 0.338 e. The van der Waals surface area contributed by atoms with E-state index in [4.69, 9.17) is 9.05 Å². The number of nitrogens with one attached hydrogen (secondary N) is 1. The molecule has 4 aromatic rings. The molecule has 0 aliphatic carbocycles. The molecule has 0 unspecified atom stereocenters. The highest BCUT2D eigenvalue weighted by Crippen LogP contribution is 2.54. The first-order valence-electron chi connectivity index (χ1n) is 10.8. The van der Waals surface area contributed by atoms with Crippen molar-refractivity contribution in [3.05, 3.63) is 60.2 Å². The first-order chi connectivity index (χ1) is 14.9. The minimum atomic E-state index is -3.51. The fourth-order valence-electron chi connectivity index (χ4n) is 4.31. The second-order valence-corrected chi connectivity index (χ2v) is 10.2. The van der Waals surface area contributed by atoms with E-state index in [2.05, 4.69) is 29.6 Å². The molecular weight excluding hydrogens is 409 g/mol. The molecule has 162 valence electrons. The van der Waals surface area contributed by atoms with Gasteiger partial charge in [-0.25, -0.2) is 0 Å². The zero-order valence-electron chi connectivity index (χ0n) is 18.3. The fraction of sp³-hybridized carbons (Fsp3) is 0.320. The van der Waals surface area contributed by atoms with Gasteiger partial charge in [0.2, 0.25) is 0 Å². The zero-order valence-corrected chi connectivity index (χ0v) is 19.2. The van der Waals surface area contributed by atoms with Crippen LogP contribution in [0.4, 0.5) is 0 Å². The van der Waals surface area contributed by atoms with Crippen LogP contribution in [-0.2, 0) is 13.6 Å². The quantitative estimate of drug-likeness (QED) is 0.250. The van der Waals surface area contributed by atoms with Gasteiger partial charge in [-0.3, -0.25) is 9.36 Å². The summed E-state index contributed by atoms with van der Waals surface area (Å²) < 4.78 is 24.5. The van der Waals surface area contributed by atoms with Crippen molar-refractivity contribution >= 4 is 45.8 Å². The summed E-state index contributed by atoms with van der Waals surface area (Å²) >= 11 is 0. The maximum absolute atomic E-state index is 13.4. The van der Waals surface area contributed by atoms with Crippen molar-refractivity contribution in [2.24, 2.45) is 5.92 Å². The van der Waals surface area contributed by atoms with Gasteiger partial charge in [0.05, 0.1) is 13.2 Å². The SMILES string of the molecule is CCOP(=O)(OCC)[C@H](NC(=O)c1ccc2ccc3cccc4ccc1c2c34)C(C)C. The van der Waals surface area contributed by atoms with Crippen molar-refractivity contribution in [1.82, 2.24) is 5.32 Å². The van der Waals surface area contributed by atoms with E-state index in [9.17, 15) is 9.36 Å². The maximum Gasteiger partial charge on any atom is 0.353 e. The average molecular weight is 437 g/mol. The minimum absolute atomic E-state index is 0.132. The molecule has 0 aromatic heterocycles. The lowest BCUT2D eigenvalue weighted by atomic mass is 9.92. The van der Waals surface area contributed by atoms with Gasteiger partial charge in [-0.05, 0) is 58.1 Å². The molecule has 0 saturated carbocycles. The molecule has 0 spiro atoms. The van der Waals surface area contributed by atoms with Gasteiger partial charge in [0, 0.05) is 5.56 Å². The third-order valence-electron chi connectivity index (χ3n) is 5.64. The van der Waals surface area contributed by atoms with Crippen molar-refractivity contribution in [2.75, 3.05) is 13.2 Å². The summed E-state index contributed by atoms with van der Waals surface area (Å²) in [5, 5.41) is 9.45. The molecule has 0 saturated heterocycles. The van der Waals surface area contributed by atoms with Gasteiger partial charge < -0.3 is 14.4 Å². The summed E-state index contributed by atoms with van der Waals surface area (Å²) in [6.07, 6.45) is 0. The summed E-state index contributed by atoms with van der Waals surface area (Å²) in [4.78, 5) is 13.4. The minimum Gasteiger partial charge on any atom is -0.338 e. The van der Waals surface area contributed by atoms with E-state index < -0.39 is 13.4 Å². The molecule has 1 N–H and O–H groups in total. The van der Waals surface area contributed by atoms with Gasteiger partial charge in [-0.1, -0.05) is 62.4 Å². The predicted molar refractivity (Wildman–Crippen MR) is 127 cm³/mol. The number of hydrogen-bond acceptors (Lipinski definition) is 4. The van der Waals surface area contributed by atoms with Gasteiger partial charge in [0.15, 0.2) is 0 Å². The summed E-state index contributed by atoms with van der Waals surface area (Å²) in [5.41, 5.74) is 0.552. The van der Waals surface area contributed by atoms with Gasteiger partial charge in [0.1, 0.15) is 5.78 Å². The molecule has 0 aliphatic heterocycles. The van der Waals surface area contributed by atoms with Crippen LogP contribution >= 0.6 is 7.60 Å². The third-order valence-corrected chi connectivity index (χ3v) is 8.29. The van der Waals surface area contributed by atoms with Crippen LogP contribution < -0.4 is 5.32 Å². The van der Waals surface area contributed by atoms with E-state index in [1.807, 2.05) is 44.2 Å². The Labute approximate surface area is 182 Å². The van der Waals surface area contributed by atoms with Crippen molar-refractivity contribution in [3.8, 4) is 0 Å². The lowest BCUT2D eigenvalue weighted by molar-refractivity contribution is 0.0929. The highest BCUT2D eigenvalue weighted by molar-refractivity contribution is 7.54. The highest BCUT2D eigenvalue weighted by Gasteiger charge is 2.39. The molecule has 0 radical (unpaired) electrons. The van der Waals surface area contributed by atoms with Crippen molar-refractivity contribution < 1.29 is 18.4 Å². The second kappa shape index (κ2) is 8.58. The van der Waals surface area contributed by atoms with Gasteiger partial charge in [0.25, 0.3) is 5.91 Å². The Kier molecular flexibility index (Phi) is 6.02. The summed E-state index contributed by atoms with van der Waals surface area (Å²) in [6.45, 7) is 7.83. The van der Waals surface area contributed by atoms with E-state index in [-0.39, 0.29) is 25.0 Å². The van der Waals surface area contributed by atoms with Crippen molar-refractivity contribution in [2.45, 2.75) is 33.5 Å². The molecule has 0 fully saturated rings. The summed E-state index contributed by atoms with van der Waals surface area (Å²) in [7, 11) is -3.51. The third kappa shape index (κ3) is 3.82. The first kappa shape index (κ1) is 21.8. The molecular formula is C25H28NO4P. The monoisotopic (exact) mass is 437 g/mol. The molecule has 4 aromatic carbocycles. The van der Waals surface area contributed by atoms with Gasteiger partial charge in [-0.15, -0.1) is 0 Å². The number of amides is 1. The summed E-state index contributed by atoms with van der Waals surface area (Å²) in [5.74, 6) is -1.15. The molecule has 6 heteroatoms. The molecule has 4 rings (SSSR count). The number of benzene rings is 4. The van der Waals surface area contributed by atoms with Crippen molar-refractivity contribution in [3.63, 3.8) is 0 Å². The molecule has 1 atom stereocenters. The van der Waals surface area contributed by atoms with E-state index in [1.54, 1.807) is 13.8 Å². The summed E-state index contributed by atoms with van der Waals surface area (Å²) in [6, 6.07) is 18.3. The van der Waals surface area contributed by atoms with E-state index in [1.165, 1.54) is 0 Å². The van der Waals surface area contributed by atoms with E-state index in [0.29, 0.717) is 5.56 Å². The zero-order chi connectivity index (χ0) is 22.2. The van der Waals surface area contributed by atoms with Crippen LogP contribution in [0.5, 0.6) is 0 Å². The van der Waals surface area contributed by atoms with Crippen LogP contribution in [0.2, 0.25) is 0 Å². The van der Waals surface area contributed by atoms with E-state index in [0.717, 1.165) is 32.3 Å². The Morgan fingerprint density at radius 1 is 0.871 bits per heavy atom. The predicted octanol–water partition coefficient (Wildman–Crippen LogP) is 6.56. The van der Waals surface area contributed by atoms with Crippen LogP contribution in [0.1, 0.15) is 38.1 Å². The average Bonchev–Trinajstić information content (AvgIpc) is 2.75. The number of carbonyl (C=O) groups excluding carboxylic acids is 1. The first-order valence-corrected chi connectivity index (χ1v) is 12.4. The topological polar surface area (TPSA) is 64.6 Å². The largest absolute Gasteiger partial charge is 0.353 e. The van der Waals surface area contributed by atoms with Crippen LogP contribution in [-0.4, -0.2) is 24.9 Å². The number of rotatable bonds is 8. The molecule has 5 nitrogen and oxygen atoms in total. The van der Waals surface area contributed by atoms with Gasteiger partial charge in [-0.2, -0.15) is 0 Å². The lowest BCUT2D eigenvalue weighted by Crippen LogP contribution is -2.39. The van der Waals surface area contributed by atoms with Gasteiger partial charge >= 0.3 is 7.60 Å². The Bertz CT molecular complexity index is 1260. The second-order valence-electron chi connectivity index (χ2n) is 8.01. The number of hydrogen-bond donors (Lipinski definition) is 1. The molecule has 0 aliphatic rings. The van der Waals surface area contributed by atoms with E-state index >= 15 is 0 Å². The van der Waals surface area contributed by atoms with Crippen molar-refractivity contribution in [1.29, 1.82) is 0 Å². The van der Waals surface area contributed by atoms with Crippen LogP contribution in [0.25, 0.3) is 32.3 Å². The number of carbonyl (C=O) groups is 1. The Morgan fingerprint density at radius 2 is 1.42 bits per heavy atom. The normalized spacial score (nSPS) is 13.5. The van der Waals surface area contributed by atoms with Crippen LogP contribution in [0.3, 0.4) is 0 Å². The fourth-order valence-corrected chi connectivity index (χ4v) is 6.44. The molecule has 31 heavy (non-hydrogen) atoms.